The van der Waals surface area contributed by atoms with E-state index in [4.69, 9.17) is 16.5 Å². The van der Waals surface area contributed by atoms with Crippen LogP contribution < -0.4 is 37.6 Å². The molecule has 0 unspecified atom stereocenters. The number of nitrogens with zero attached hydrogens (tertiary/aromatic N) is 4. The molecule has 1 aliphatic heterocycles. The number of hydrogen-bond donors (Lipinski definition) is 7. The highest BCUT2D eigenvalue weighted by Gasteiger charge is 2.39. The van der Waals surface area contributed by atoms with Gasteiger partial charge in [0.2, 0.25) is 23.6 Å². The van der Waals surface area contributed by atoms with E-state index in [9.17, 15) is 43.1 Å². The van der Waals surface area contributed by atoms with Gasteiger partial charge in [0.25, 0.3) is 11.8 Å². The second-order valence-corrected chi connectivity index (χ2v) is 16.7. The van der Waals surface area contributed by atoms with Gasteiger partial charge < -0.3 is 47.3 Å². The minimum Gasteiger partial charge on any atom is -0.387 e. The Morgan fingerprint density at radius 3 is 2.17 bits per heavy atom. The van der Waals surface area contributed by atoms with Crippen LogP contribution in [-0.4, -0.2) is 98.9 Å². The fourth-order valence-electron chi connectivity index (χ4n) is 7.32. The molecular weight excluding hydrogens is 859 g/mol. The topological polar surface area (TPSA) is 264 Å². The normalized spacial score (nSPS) is 14.3. The van der Waals surface area contributed by atoms with E-state index in [0.717, 1.165) is 40.8 Å². The third-order valence-electron chi connectivity index (χ3n) is 10.6. The molecule has 18 nitrogen and oxygen atoms in total. The second kappa shape index (κ2) is 22.0. The van der Waals surface area contributed by atoms with E-state index in [2.05, 4.69) is 21.3 Å². The van der Waals surface area contributed by atoms with Gasteiger partial charge in [-0.05, 0) is 79.6 Å². The Morgan fingerprint density at radius 2 is 1.55 bits per heavy atom. The predicted molar refractivity (Wildman–Crippen MR) is 240 cm³/mol. The second-order valence-electron chi connectivity index (χ2n) is 16.7. The van der Waals surface area contributed by atoms with E-state index >= 15 is 4.39 Å². The Labute approximate surface area is 379 Å². The zero-order chi connectivity index (χ0) is 48.3. The highest BCUT2D eigenvalue weighted by molar-refractivity contribution is 6.28. The van der Waals surface area contributed by atoms with Crippen LogP contribution >= 0.6 is 0 Å². The number of carbonyl (C=O) groups excluding carboxylic acids is 7. The lowest BCUT2D eigenvalue weighted by Gasteiger charge is -2.40. The molecule has 0 radical (unpaired) electrons. The van der Waals surface area contributed by atoms with Gasteiger partial charge in [-0.15, -0.1) is 0 Å². The Balaban J connectivity index is 1.29. The molecular formula is C46H54F2N10O8. The summed E-state index contributed by atoms with van der Waals surface area (Å²) in [5.41, 5.74) is 12.1. The Kier molecular flexibility index (Phi) is 16.6. The Hall–Kier alpha value is -7.32. The van der Waals surface area contributed by atoms with Crippen molar-refractivity contribution in [2.45, 2.75) is 77.7 Å². The van der Waals surface area contributed by atoms with Crippen LogP contribution in [0.1, 0.15) is 64.4 Å². The van der Waals surface area contributed by atoms with Crippen molar-refractivity contribution in [3.05, 3.63) is 114 Å². The van der Waals surface area contributed by atoms with Gasteiger partial charge in [-0.25, -0.2) is 23.5 Å². The fourth-order valence-corrected chi connectivity index (χ4v) is 7.32. The molecule has 0 saturated carbocycles. The van der Waals surface area contributed by atoms with Crippen LogP contribution in [-0.2, 0) is 35.3 Å². The first-order valence-electron chi connectivity index (χ1n) is 21.1. The Bertz CT molecular complexity index is 2440. The van der Waals surface area contributed by atoms with Crippen molar-refractivity contribution in [1.82, 2.24) is 30.4 Å². The number of nitrogens with one attached hydrogen (secondary N) is 4. The van der Waals surface area contributed by atoms with E-state index in [1.807, 2.05) is 51.1 Å². The number of rotatable bonds is 20. The Morgan fingerprint density at radius 1 is 0.879 bits per heavy atom. The average Bonchev–Trinajstić information content (AvgIpc) is 3.84. The number of nitrogens with two attached hydrogens (primary N) is 2. The number of amides is 8. The van der Waals surface area contributed by atoms with Crippen molar-refractivity contribution in [2.24, 2.45) is 16.9 Å². The molecule has 0 bridgehead atoms. The van der Waals surface area contributed by atoms with E-state index < -0.39 is 89.3 Å². The summed E-state index contributed by atoms with van der Waals surface area (Å²) in [5.74, 6) is -5.03. The monoisotopic (exact) mass is 912 g/mol. The molecule has 0 fully saturated rings. The lowest BCUT2D eigenvalue weighted by atomic mass is 9.84. The molecule has 0 aliphatic carbocycles. The number of primary amides is 1. The zero-order valence-electron chi connectivity index (χ0n) is 36.9. The quantitative estimate of drug-likeness (QED) is 0.0504. The number of urea groups is 1. The van der Waals surface area contributed by atoms with Gasteiger partial charge in [0.05, 0.1) is 23.5 Å². The largest absolute Gasteiger partial charge is 0.387 e. The van der Waals surface area contributed by atoms with Gasteiger partial charge in [-0.3, -0.25) is 28.8 Å². The van der Waals surface area contributed by atoms with E-state index in [0.29, 0.717) is 5.82 Å². The van der Waals surface area contributed by atoms with Gasteiger partial charge in [-0.1, -0.05) is 51.1 Å². The molecule has 350 valence electrons. The maximum absolute atomic E-state index is 15.1. The molecule has 4 aromatic rings. The maximum Gasteiger partial charge on any atom is 0.312 e. The molecule has 2 heterocycles. The number of carbonyl (C=O) groups is 7. The highest BCUT2D eigenvalue weighted by Crippen LogP contribution is 2.39. The summed E-state index contributed by atoms with van der Waals surface area (Å²) in [4.78, 5) is 96.5. The van der Waals surface area contributed by atoms with Crippen LogP contribution in [0.4, 0.5) is 25.0 Å². The standard InChI is InChI=1S/C46H54F2N10O8/c1-27(42(63)55-35(11-8-21-51-45(50)66)44(65)53-30-13-15-31(16-14-30)58-37(60)18-19-38(58)61)52-43(64)34(49)20-22-57(39(62)26-59)40(46(2,3)4)41-54-36(32-23-29(47)12-17-33(32)48)25-56(41)24-28-9-6-5-7-10-28/h5-7,9-10,12-19,23,25,27,34-35,40,59H,8,11,20-22,24,26,49H2,1-4H3,(H,52,64)(H,53,65)(H,55,63)(H3,50,51,66)/t27-,34-,35-,40-/m0/s1. The van der Waals surface area contributed by atoms with Crippen LogP contribution in [0.15, 0.2) is 91.1 Å². The molecule has 0 saturated heterocycles. The minimum absolute atomic E-state index is 0.0322. The maximum atomic E-state index is 15.1. The number of aromatic nitrogens is 2. The van der Waals surface area contributed by atoms with E-state index in [1.54, 1.807) is 10.8 Å². The lowest BCUT2D eigenvalue weighted by Crippen LogP contribution is -2.54. The summed E-state index contributed by atoms with van der Waals surface area (Å²) in [7, 11) is 0. The molecule has 8 amide bonds. The van der Waals surface area contributed by atoms with E-state index in [1.165, 1.54) is 36.1 Å². The van der Waals surface area contributed by atoms with Crippen molar-refractivity contribution >= 4 is 52.8 Å². The fraction of sp³-hybridized carbons (Fsp3) is 0.348. The van der Waals surface area contributed by atoms with Crippen molar-refractivity contribution in [3.8, 4) is 11.3 Å². The van der Waals surface area contributed by atoms with Crippen LogP contribution in [0.2, 0.25) is 0 Å². The summed E-state index contributed by atoms with van der Waals surface area (Å²) < 4.78 is 31.2. The predicted octanol–water partition coefficient (Wildman–Crippen LogP) is 3.01. The van der Waals surface area contributed by atoms with Gasteiger partial charge in [0, 0.05) is 49.2 Å². The minimum atomic E-state index is -1.29. The summed E-state index contributed by atoms with van der Waals surface area (Å²) in [6, 6.07) is 12.8. The molecule has 5 rings (SSSR count). The molecule has 0 spiro atoms. The van der Waals surface area contributed by atoms with Gasteiger partial charge in [0.15, 0.2) is 0 Å². The smallest absolute Gasteiger partial charge is 0.312 e. The van der Waals surface area contributed by atoms with Crippen LogP contribution in [0.3, 0.4) is 0 Å². The molecule has 1 aliphatic rings. The highest BCUT2D eigenvalue weighted by atomic mass is 19.1. The molecule has 1 aromatic heterocycles. The summed E-state index contributed by atoms with van der Waals surface area (Å²) in [6.07, 6.45) is 3.93. The first-order chi connectivity index (χ1) is 31.3. The van der Waals surface area contributed by atoms with Crippen molar-refractivity contribution in [3.63, 3.8) is 0 Å². The first-order valence-corrected chi connectivity index (χ1v) is 21.1. The van der Waals surface area contributed by atoms with Crippen molar-refractivity contribution in [1.29, 1.82) is 0 Å². The van der Waals surface area contributed by atoms with Crippen LogP contribution in [0, 0.1) is 17.0 Å². The van der Waals surface area contributed by atoms with Crippen LogP contribution in [0.25, 0.3) is 11.3 Å². The van der Waals surface area contributed by atoms with Crippen molar-refractivity contribution < 1.29 is 47.4 Å². The third kappa shape index (κ3) is 12.9. The molecule has 20 heteroatoms. The summed E-state index contributed by atoms with van der Waals surface area (Å²) in [5, 5.41) is 20.4. The van der Waals surface area contributed by atoms with Gasteiger partial charge in [0.1, 0.15) is 36.1 Å². The third-order valence-corrected chi connectivity index (χ3v) is 10.6. The zero-order valence-corrected chi connectivity index (χ0v) is 36.9. The molecule has 66 heavy (non-hydrogen) atoms. The number of halogens is 2. The molecule has 9 N–H and O–H groups in total. The van der Waals surface area contributed by atoms with Crippen LogP contribution in [0.5, 0.6) is 0 Å². The van der Waals surface area contributed by atoms with Gasteiger partial charge in [-0.2, -0.15) is 0 Å². The number of benzene rings is 3. The number of anilines is 2. The number of aliphatic hydroxyl groups excluding tert-OH is 1. The molecule has 3 aromatic carbocycles. The first kappa shape index (κ1) is 49.7. The average molecular weight is 913 g/mol. The summed E-state index contributed by atoms with van der Waals surface area (Å²) in [6.45, 7) is 6.12. The van der Waals surface area contributed by atoms with E-state index in [-0.39, 0.29) is 61.5 Å². The number of hydrogen-bond acceptors (Lipinski definition) is 10. The van der Waals surface area contributed by atoms with Gasteiger partial charge >= 0.3 is 6.03 Å². The lowest BCUT2D eigenvalue weighted by molar-refractivity contribution is -0.140. The molecule has 4 atom stereocenters. The van der Waals surface area contributed by atoms with Crippen molar-refractivity contribution in [2.75, 3.05) is 29.9 Å². The number of aliphatic hydroxyl groups is 1. The number of imide groups is 1. The SMILES string of the molecule is C[C@H](NC(=O)[C@@H](N)CCN(C(=O)CO)[C@@H](c1nc(-c2cc(F)ccc2F)cn1Cc1ccccc1)C(C)(C)C)C(=O)N[C@@H](CCCNC(N)=O)C(=O)Nc1ccc(N2C(=O)C=CC2=O)cc1. The summed E-state index contributed by atoms with van der Waals surface area (Å²) >= 11 is 0. The number of imidazole rings is 1.